The van der Waals surface area contributed by atoms with Gasteiger partial charge in [0.2, 0.25) is 5.91 Å². The number of fused-ring (bicyclic) bond motifs is 1. The molecule has 0 aliphatic carbocycles. The lowest BCUT2D eigenvalue weighted by atomic mass is 9.96. The summed E-state index contributed by atoms with van der Waals surface area (Å²) in [6, 6.07) is 13.1. The molecule has 1 aliphatic heterocycles. The van der Waals surface area contributed by atoms with Gasteiger partial charge in [-0.15, -0.1) is 0 Å². The Kier molecular flexibility index (Phi) is 2.90. The van der Waals surface area contributed by atoms with Gasteiger partial charge in [-0.05, 0) is 36.6 Å². The van der Waals surface area contributed by atoms with E-state index >= 15 is 0 Å². The van der Waals surface area contributed by atoms with E-state index in [1.54, 1.807) is 6.07 Å². The second-order valence-corrected chi connectivity index (χ2v) is 5.11. The minimum absolute atomic E-state index is 0.161. The number of imide groups is 1. The molecular weight excluding hydrogens is 250 g/mol. The summed E-state index contributed by atoms with van der Waals surface area (Å²) >= 11 is 0. The van der Waals surface area contributed by atoms with E-state index in [9.17, 15) is 9.59 Å². The number of nitrogens with zero attached hydrogens (tertiary/aromatic N) is 1. The molecular formula is C17H15NO2. The molecule has 0 N–H and O–H groups in total. The summed E-state index contributed by atoms with van der Waals surface area (Å²) in [4.78, 5) is 26.3. The highest BCUT2D eigenvalue weighted by Gasteiger charge is 2.33. The van der Waals surface area contributed by atoms with Crippen LogP contribution in [0.2, 0.25) is 0 Å². The summed E-state index contributed by atoms with van der Waals surface area (Å²) in [6.07, 6.45) is 0.273. The lowest BCUT2D eigenvalue weighted by Crippen LogP contribution is -2.43. The molecule has 3 rings (SSSR count). The first-order chi connectivity index (χ1) is 9.59. The van der Waals surface area contributed by atoms with Crippen molar-refractivity contribution < 1.29 is 9.59 Å². The van der Waals surface area contributed by atoms with Gasteiger partial charge in [-0.2, -0.15) is 0 Å². The van der Waals surface area contributed by atoms with E-state index < -0.39 is 0 Å². The average molecular weight is 265 g/mol. The standard InChI is InChI=1S/C17H15NO2/c1-11-6-5-7-12(2)16(11)18-15(19)10-13-8-3-4-9-14(13)17(18)20/h3-9H,10H2,1-2H3. The first-order valence-corrected chi connectivity index (χ1v) is 6.61. The van der Waals surface area contributed by atoms with Crippen LogP contribution in [-0.2, 0) is 11.2 Å². The molecule has 2 aromatic carbocycles. The predicted octanol–water partition coefficient (Wildman–Crippen LogP) is 3.03. The van der Waals surface area contributed by atoms with Gasteiger partial charge in [-0.1, -0.05) is 36.4 Å². The first-order valence-electron chi connectivity index (χ1n) is 6.61. The molecule has 2 amide bonds. The molecule has 0 aromatic heterocycles. The van der Waals surface area contributed by atoms with E-state index in [0.717, 1.165) is 22.4 Å². The number of rotatable bonds is 1. The number of anilines is 1. The van der Waals surface area contributed by atoms with E-state index in [2.05, 4.69) is 0 Å². The van der Waals surface area contributed by atoms with Crippen LogP contribution in [0, 0.1) is 13.8 Å². The van der Waals surface area contributed by atoms with E-state index in [1.807, 2.05) is 50.2 Å². The zero-order valence-electron chi connectivity index (χ0n) is 11.5. The number of hydrogen-bond acceptors (Lipinski definition) is 2. The number of amides is 2. The Morgan fingerprint density at radius 3 is 2.25 bits per heavy atom. The summed E-state index contributed by atoms with van der Waals surface area (Å²) in [5.41, 5.74) is 4.02. The summed E-state index contributed by atoms with van der Waals surface area (Å²) in [7, 11) is 0. The van der Waals surface area contributed by atoms with Crippen LogP contribution in [0.3, 0.4) is 0 Å². The Bertz CT molecular complexity index is 698. The molecule has 0 saturated heterocycles. The van der Waals surface area contributed by atoms with E-state index in [1.165, 1.54) is 4.90 Å². The van der Waals surface area contributed by atoms with Crippen molar-refractivity contribution in [2.24, 2.45) is 0 Å². The molecule has 0 unspecified atom stereocenters. The quantitative estimate of drug-likeness (QED) is 0.743. The fraction of sp³-hybridized carbons (Fsp3) is 0.176. The topological polar surface area (TPSA) is 37.4 Å². The largest absolute Gasteiger partial charge is 0.274 e. The van der Waals surface area contributed by atoms with Gasteiger partial charge < -0.3 is 0 Å². The maximum Gasteiger partial charge on any atom is 0.265 e. The second-order valence-electron chi connectivity index (χ2n) is 5.11. The smallest absolute Gasteiger partial charge is 0.265 e. The lowest BCUT2D eigenvalue weighted by molar-refractivity contribution is -0.117. The Morgan fingerprint density at radius 2 is 1.55 bits per heavy atom. The number of carbonyl (C=O) groups is 2. The average Bonchev–Trinajstić information content (AvgIpc) is 2.42. The van der Waals surface area contributed by atoms with Crippen LogP contribution in [0.4, 0.5) is 5.69 Å². The minimum Gasteiger partial charge on any atom is -0.274 e. The van der Waals surface area contributed by atoms with Gasteiger partial charge in [0.05, 0.1) is 12.1 Å². The molecule has 0 bridgehead atoms. The molecule has 0 radical (unpaired) electrons. The normalized spacial score (nSPS) is 14.4. The van der Waals surface area contributed by atoms with Crippen molar-refractivity contribution in [1.29, 1.82) is 0 Å². The van der Waals surface area contributed by atoms with Gasteiger partial charge in [-0.25, -0.2) is 4.90 Å². The molecule has 2 aromatic rings. The SMILES string of the molecule is Cc1cccc(C)c1N1C(=O)Cc2ccccc2C1=O. The lowest BCUT2D eigenvalue weighted by Gasteiger charge is -2.29. The number of carbonyl (C=O) groups excluding carboxylic acids is 2. The second kappa shape index (κ2) is 4.60. The molecule has 0 saturated carbocycles. The third kappa shape index (κ3) is 1.83. The molecule has 0 fully saturated rings. The van der Waals surface area contributed by atoms with Crippen molar-refractivity contribution in [3.63, 3.8) is 0 Å². The van der Waals surface area contributed by atoms with Crippen molar-refractivity contribution in [3.8, 4) is 0 Å². The van der Waals surface area contributed by atoms with Gasteiger partial charge >= 0.3 is 0 Å². The number of benzene rings is 2. The molecule has 20 heavy (non-hydrogen) atoms. The van der Waals surface area contributed by atoms with Crippen LogP contribution in [0.25, 0.3) is 0 Å². The number of hydrogen-bond donors (Lipinski definition) is 0. The predicted molar refractivity (Wildman–Crippen MR) is 77.9 cm³/mol. The maximum absolute atomic E-state index is 12.6. The van der Waals surface area contributed by atoms with Crippen molar-refractivity contribution >= 4 is 17.5 Å². The molecule has 1 heterocycles. The van der Waals surface area contributed by atoms with E-state index in [0.29, 0.717) is 5.56 Å². The Labute approximate surface area is 117 Å². The van der Waals surface area contributed by atoms with Gasteiger partial charge in [-0.3, -0.25) is 9.59 Å². The van der Waals surface area contributed by atoms with Crippen molar-refractivity contribution in [1.82, 2.24) is 0 Å². The third-order valence-electron chi connectivity index (χ3n) is 3.71. The molecule has 3 nitrogen and oxygen atoms in total. The molecule has 0 spiro atoms. The first kappa shape index (κ1) is 12.6. The fourth-order valence-corrected chi connectivity index (χ4v) is 2.74. The van der Waals surface area contributed by atoms with Crippen LogP contribution in [-0.4, -0.2) is 11.8 Å². The molecule has 3 heteroatoms. The Balaban J connectivity index is 2.17. The Morgan fingerprint density at radius 1 is 0.900 bits per heavy atom. The van der Waals surface area contributed by atoms with E-state index in [-0.39, 0.29) is 18.2 Å². The van der Waals surface area contributed by atoms with Gasteiger partial charge in [0.15, 0.2) is 0 Å². The van der Waals surface area contributed by atoms with Gasteiger partial charge in [0, 0.05) is 5.56 Å². The van der Waals surface area contributed by atoms with Crippen molar-refractivity contribution in [2.45, 2.75) is 20.3 Å². The summed E-state index contributed by atoms with van der Waals surface area (Å²) < 4.78 is 0. The minimum atomic E-state index is -0.228. The van der Waals surface area contributed by atoms with Crippen LogP contribution in [0.1, 0.15) is 27.0 Å². The van der Waals surface area contributed by atoms with Crippen LogP contribution < -0.4 is 4.90 Å². The summed E-state index contributed by atoms with van der Waals surface area (Å²) in [5, 5.41) is 0. The fourth-order valence-electron chi connectivity index (χ4n) is 2.74. The number of para-hydroxylation sites is 1. The van der Waals surface area contributed by atoms with Gasteiger partial charge in [0.1, 0.15) is 0 Å². The molecule has 0 atom stereocenters. The molecule has 100 valence electrons. The highest BCUT2D eigenvalue weighted by molar-refractivity contribution is 6.25. The highest BCUT2D eigenvalue weighted by atomic mass is 16.2. The highest BCUT2D eigenvalue weighted by Crippen LogP contribution is 2.30. The third-order valence-corrected chi connectivity index (χ3v) is 3.71. The number of aryl methyl sites for hydroxylation is 2. The molecule has 1 aliphatic rings. The summed E-state index contributed by atoms with van der Waals surface area (Å²) in [6.45, 7) is 3.84. The van der Waals surface area contributed by atoms with Crippen molar-refractivity contribution in [3.05, 3.63) is 64.7 Å². The van der Waals surface area contributed by atoms with Crippen LogP contribution >= 0.6 is 0 Å². The van der Waals surface area contributed by atoms with E-state index in [4.69, 9.17) is 0 Å². The maximum atomic E-state index is 12.6. The zero-order valence-corrected chi connectivity index (χ0v) is 11.5. The van der Waals surface area contributed by atoms with Gasteiger partial charge in [0.25, 0.3) is 5.91 Å². The summed E-state index contributed by atoms with van der Waals surface area (Å²) in [5.74, 6) is -0.389. The monoisotopic (exact) mass is 265 g/mol. The van der Waals surface area contributed by atoms with Crippen LogP contribution in [0.5, 0.6) is 0 Å². The van der Waals surface area contributed by atoms with Crippen LogP contribution in [0.15, 0.2) is 42.5 Å². The van der Waals surface area contributed by atoms with Crippen molar-refractivity contribution in [2.75, 3.05) is 4.90 Å². The Hall–Kier alpha value is -2.42. The zero-order chi connectivity index (χ0) is 14.3.